The van der Waals surface area contributed by atoms with Crippen LogP contribution in [-0.2, 0) is 9.59 Å². The zero-order valence-electron chi connectivity index (χ0n) is 13.3. The first-order valence-corrected chi connectivity index (χ1v) is 8.91. The Morgan fingerprint density at radius 3 is 1.96 bits per heavy atom. The Kier molecular flexibility index (Phi) is 6.98. The SMILES string of the molecule is C=CC(=O)Sc1ccc(C=Cc2ccc(SC(=O)C=C)cc2F)cc1. The van der Waals surface area contributed by atoms with Gasteiger partial charge in [0.2, 0.25) is 10.2 Å². The highest BCUT2D eigenvalue weighted by molar-refractivity contribution is 8.14. The second-order valence-corrected chi connectivity index (χ2v) is 6.99. The summed E-state index contributed by atoms with van der Waals surface area (Å²) in [6.07, 6.45) is 5.91. The van der Waals surface area contributed by atoms with Gasteiger partial charge in [0.25, 0.3) is 0 Å². The topological polar surface area (TPSA) is 34.1 Å². The van der Waals surface area contributed by atoms with Crippen molar-refractivity contribution in [2.45, 2.75) is 9.79 Å². The number of rotatable bonds is 6. The van der Waals surface area contributed by atoms with Crippen LogP contribution in [0, 0.1) is 5.82 Å². The van der Waals surface area contributed by atoms with Gasteiger partial charge in [0.05, 0.1) is 0 Å². The van der Waals surface area contributed by atoms with Gasteiger partial charge in [-0.05, 0) is 65.5 Å². The van der Waals surface area contributed by atoms with Crippen LogP contribution in [-0.4, -0.2) is 10.2 Å². The van der Waals surface area contributed by atoms with Crippen LogP contribution in [0.2, 0.25) is 0 Å². The zero-order chi connectivity index (χ0) is 18.2. The summed E-state index contributed by atoms with van der Waals surface area (Å²) in [6, 6.07) is 12.0. The van der Waals surface area contributed by atoms with Gasteiger partial charge >= 0.3 is 0 Å². The molecule has 0 aliphatic carbocycles. The van der Waals surface area contributed by atoms with Crippen molar-refractivity contribution in [2.75, 3.05) is 0 Å². The Morgan fingerprint density at radius 1 is 0.840 bits per heavy atom. The first kappa shape index (κ1) is 19.0. The lowest BCUT2D eigenvalue weighted by atomic mass is 10.1. The number of hydrogen-bond donors (Lipinski definition) is 0. The monoisotopic (exact) mass is 370 g/mol. The fourth-order valence-corrected chi connectivity index (χ4v) is 3.06. The van der Waals surface area contributed by atoms with Gasteiger partial charge in [-0.15, -0.1) is 0 Å². The van der Waals surface area contributed by atoms with Gasteiger partial charge < -0.3 is 0 Å². The lowest BCUT2D eigenvalue weighted by Crippen LogP contribution is -1.87. The standard InChI is InChI=1S/C20H15FO2S2/c1-3-19(22)24-16-10-6-14(7-11-16)5-8-15-9-12-17(13-18(15)21)25-20(23)4-2/h3-13H,1-2H2. The Labute approximate surface area is 154 Å². The molecule has 0 unspecified atom stereocenters. The Bertz CT molecular complexity index is 839. The van der Waals surface area contributed by atoms with Gasteiger partial charge in [-0.3, -0.25) is 9.59 Å². The van der Waals surface area contributed by atoms with E-state index in [1.807, 2.05) is 24.3 Å². The molecule has 0 fully saturated rings. The van der Waals surface area contributed by atoms with Gasteiger partial charge in [0.1, 0.15) is 5.82 Å². The highest BCUT2D eigenvalue weighted by Crippen LogP contribution is 2.24. The van der Waals surface area contributed by atoms with Crippen molar-refractivity contribution >= 4 is 45.9 Å². The molecule has 2 rings (SSSR count). The largest absolute Gasteiger partial charge is 0.282 e. The molecule has 0 radical (unpaired) electrons. The van der Waals surface area contributed by atoms with E-state index in [2.05, 4.69) is 13.2 Å². The third kappa shape index (κ3) is 5.89. The van der Waals surface area contributed by atoms with E-state index < -0.39 is 5.82 Å². The maximum Gasteiger partial charge on any atom is 0.216 e. The van der Waals surface area contributed by atoms with E-state index in [1.165, 1.54) is 18.2 Å². The molecule has 5 heteroatoms. The number of benzene rings is 2. The summed E-state index contributed by atoms with van der Waals surface area (Å²) in [4.78, 5) is 23.9. The maximum absolute atomic E-state index is 14.1. The molecule has 0 aromatic heterocycles. The molecule has 126 valence electrons. The highest BCUT2D eigenvalue weighted by atomic mass is 32.2. The summed E-state index contributed by atoms with van der Waals surface area (Å²) < 4.78 is 14.1. The normalized spacial score (nSPS) is 10.6. The summed E-state index contributed by atoms with van der Waals surface area (Å²) in [7, 11) is 0. The van der Waals surface area contributed by atoms with Crippen molar-refractivity contribution in [3.63, 3.8) is 0 Å². The average molecular weight is 370 g/mol. The van der Waals surface area contributed by atoms with Crippen LogP contribution in [0.25, 0.3) is 12.2 Å². The minimum atomic E-state index is -0.401. The first-order valence-electron chi connectivity index (χ1n) is 7.28. The summed E-state index contributed by atoms with van der Waals surface area (Å²) >= 11 is 2.03. The fourth-order valence-electron chi connectivity index (χ4n) is 1.86. The van der Waals surface area contributed by atoms with E-state index >= 15 is 0 Å². The van der Waals surface area contributed by atoms with Crippen LogP contribution in [0.1, 0.15) is 11.1 Å². The second kappa shape index (κ2) is 9.20. The van der Waals surface area contributed by atoms with Crippen molar-refractivity contribution in [3.05, 3.63) is 84.7 Å². The predicted molar refractivity (Wildman–Crippen MR) is 104 cm³/mol. The molecule has 25 heavy (non-hydrogen) atoms. The molecule has 0 aliphatic rings. The average Bonchev–Trinajstić information content (AvgIpc) is 2.62. The van der Waals surface area contributed by atoms with E-state index in [1.54, 1.807) is 24.3 Å². The van der Waals surface area contributed by atoms with Gasteiger partial charge in [-0.25, -0.2) is 4.39 Å². The zero-order valence-corrected chi connectivity index (χ0v) is 14.9. The molecule has 0 spiro atoms. The minimum Gasteiger partial charge on any atom is -0.282 e. The van der Waals surface area contributed by atoms with Crippen molar-refractivity contribution in [1.82, 2.24) is 0 Å². The summed E-state index contributed by atoms with van der Waals surface area (Å²) in [5.74, 6) is -0.401. The fraction of sp³-hybridized carbons (Fsp3) is 0. The number of halogens is 1. The molecule has 0 N–H and O–H groups in total. The van der Waals surface area contributed by atoms with Crippen LogP contribution in [0.4, 0.5) is 4.39 Å². The maximum atomic E-state index is 14.1. The van der Waals surface area contributed by atoms with Gasteiger partial charge in [-0.1, -0.05) is 43.5 Å². The Morgan fingerprint density at radius 2 is 1.40 bits per heavy atom. The van der Waals surface area contributed by atoms with Gasteiger partial charge in [0.15, 0.2) is 0 Å². The number of thioether (sulfide) groups is 2. The third-order valence-electron chi connectivity index (χ3n) is 3.08. The Balaban J connectivity index is 2.08. The molecule has 0 saturated carbocycles. The second-order valence-electron chi connectivity index (χ2n) is 4.84. The minimum absolute atomic E-state index is 0.113. The van der Waals surface area contributed by atoms with Crippen LogP contribution >= 0.6 is 23.5 Å². The van der Waals surface area contributed by atoms with Gasteiger partial charge in [-0.2, -0.15) is 0 Å². The summed E-state index contributed by atoms with van der Waals surface area (Å²) in [6.45, 7) is 6.82. The quantitative estimate of drug-likeness (QED) is 0.376. The summed E-state index contributed by atoms with van der Waals surface area (Å²) in [5.41, 5.74) is 1.31. The predicted octanol–water partition coefficient (Wildman–Crippen LogP) is 5.61. The molecular weight excluding hydrogens is 355 g/mol. The van der Waals surface area contributed by atoms with Crippen LogP contribution < -0.4 is 0 Å². The van der Waals surface area contributed by atoms with Crippen LogP contribution in [0.15, 0.2) is 77.6 Å². The molecule has 0 amide bonds. The van der Waals surface area contributed by atoms with E-state index in [4.69, 9.17) is 0 Å². The molecule has 0 heterocycles. The smallest absolute Gasteiger partial charge is 0.216 e. The van der Waals surface area contributed by atoms with Gasteiger partial charge in [0, 0.05) is 15.4 Å². The van der Waals surface area contributed by atoms with E-state index in [-0.39, 0.29) is 10.2 Å². The van der Waals surface area contributed by atoms with Crippen LogP contribution in [0.5, 0.6) is 0 Å². The van der Waals surface area contributed by atoms with E-state index in [0.29, 0.717) is 10.5 Å². The number of carbonyl (C=O) groups excluding carboxylic acids is 2. The van der Waals surface area contributed by atoms with Crippen LogP contribution in [0.3, 0.4) is 0 Å². The third-order valence-corrected chi connectivity index (χ3v) is 4.81. The molecule has 2 nitrogen and oxygen atoms in total. The Hall–Kier alpha value is -2.37. The molecular formula is C20H15FO2S2. The van der Waals surface area contributed by atoms with Crippen molar-refractivity contribution in [3.8, 4) is 0 Å². The lowest BCUT2D eigenvalue weighted by Gasteiger charge is -2.02. The number of carbonyl (C=O) groups is 2. The highest BCUT2D eigenvalue weighted by Gasteiger charge is 2.05. The van der Waals surface area contributed by atoms with E-state index in [9.17, 15) is 14.0 Å². The molecule has 0 bridgehead atoms. The number of hydrogen-bond acceptors (Lipinski definition) is 4. The molecule has 0 saturated heterocycles. The van der Waals surface area contributed by atoms with Crippen molar-refractivity contribution in [2.24, 2.45) is 0 Å². The molecule has 0 atom stereocenters. The van der Waals surface area contributed by atoms with Crippen molar-refractivity contribution in [1.29, 1.82) is 0 Å². The molecule has 0 aliphatic heterocycles. The molecule has 2 aromatic carbocycles. The summed E-state index contributed by atoms with van der Waals surface area (Å²) in [5, 5.41) is -0.339. The van der Waals surface area contributed by atoms with E-state index in [0.717, 1.165) is 34.0 Å². The first-order chi connectivity index (χ1) is 12.0. The lowest BCUT2D eigenvalue weighted by molar-refractivity contribution is -0.107. The van der Waals surface area contributed by atoms with Crippen molar-refractivity contribution < 1.29 is 14.0 Å². The molecule has 2 aromatic rings.